The zero-order valence-corrected chi connectivity index (χ0v) is 19.1. The Labute approximate surface area is 193 Å². The molecule has 6 nitrogen and oxygen atoms in total. The van der Waals surface area contributed by atoms with E-state index in [1.165, 1.54) is 0 Å². The summed E-state index contributed by atoms with van der Waals surface area (Å²) in [5.41, 5.74) is 4.79. The number of hydrogen-bond acceptors (Lipinski definition) is 4. The second kappa shape index (κ2) is 8.16. The highest BCUT2D eigenvalue weighted by Gasteiger charge is 2.43. The molecular weight excluding hydrogens is 470 g/mol. The van der Waals surface area contributed by atoms with Gasteiger partial charge in [-0.05, 0) is 66.2 Å². The van der Waals surface area contributed by atoms with Crippen molar-refractivity contribution in [1.82, 2.24) is 10.2 Å². The molecule has 0 radical (unpaired) electrons. The van der Waals surface area contributed by atoms with E-state index in [4.69, 9.17) is 9.47 Å². The summed E-state index contributed by atoms with van der Waals surface area (Å²) >= 11 is 3.48. The average molecular weight is 490 g/mol. The zero-order chi connectivity index (χ0) is 22.2. The van der Waals surface area contributed by atoms with Crippen LogP contribution in [0.3, 0.4) is 0 Å². The van der Waals surface area contributed by atoms with Crippen LogP contribution in [0, 0.1) is 0 Å². The minimum absolute atomic E-state index is 0.115. The highest BCUT2D eigenvalue weighted by atomic mass is 79.9. The average Bonchev–Trinajstić information content (AvgIpc) is 3.39. The van der Waals surface area contributed by atoms with Gasteiger partial charge in [0.25, 0.3) is 5.91 Å². The number of nitrogens with zero attached hydrogens (tertiary/aromatic N) is 2. The van der Waals surface area contributed by atoms with Gasteiger partial charge in [0.1, 0.15) is 17.2 Å². The highest BCUT2D eigenvalue weighted by Crippen LogP contribution is 2.45. The third kappa shape index (κ3) is 3.35. The number of carbonyl (C=O) groups is 1. The largest absolute Gasteiger partial charge is 0.497 e. The summed E-state index contributed by atoms with van der Waals surface area (Å²) < 4.78 is 11.6. The Morgan fingerprint density at radius 2 is 1.47 bits per heavy atom. The SMILES string of the molecule is COc1ccc(-c2n[nH]c3c2C(c2ccc(OC)cc2)N(c2ccc(Br)cc2)C3=O)cc1. The van der Waals surface area contributed by atoms with Crippen LogP contribution < -0.4 is 14.4 Å². The van der Waals surface area contributed by atoms with E-state index in [-0.39, 0.29) is 11.9 Å². The first-order chi connectivity index (χ1) is 15.6. The van der Waals surface area contributed by atoms with E-state index < -0.39 is 0 Å². The predicted octanol–water partition coefficient (Wildman–Crippen LogP) is 5.61. The Balaban J connectivity index is 1.68. The highest BCUT2D eigenvalue weighted by molar-refractivity contribution is 9.10. The minimum atomic E-state index is -0.333. The number of aromatic amines is 1. The molecule has 7 heteroatoms. The number of carbonyl (C=O) groups excluding carboxylic acids is 1. The smallest absolute Gasteiger partial charge is 0.277 e. The van der Waals surface area contributed by atoms with Gasteiger partial charge in [-0.1, -0.05) is 28.1 Å². The standard InChI is InChI=1S/C25H20BrN3O3/c1-31-19-11-3-15(4-12-19)22-21-23(28-27-22)25(30)29(18-9-7-17(26)8-10-18)24(21)16-5-13-20(32-2)14-6-16/h3-14,24H,1-2H3,(H,27,28). The summed E-state index contributed by atoms with van der Waals surface area (Å²) in [6.45, 7) is 0. The number of benzene rings is 3. The molecule has 2 heterocycles. The molecule has 160 valence electrons. The molecule has 1 N–H and O–H groups in total. The number of amides is 1. The number of ether oxygens (including phenoxy) is 2. The number of fused-ring (bicyclic) bond motifs is 1. The van der Waals surface area contributed by atoms with Gasteiger partial charge in [0.2, 0.25) is 0 Å². The lowest BCUT2D eigenvalue weighted by Gasteiger charge is -2.26. The molecule has 0 spiro atoms. The van der Waals surface area contributed by atoms with E-state index in [1.807, 2.05) is 77.7 Å². The Kier molecular flexibility index (Phi) is 5.19. The fourth-order valence-electron chi connectivity index (χ4n) is 4.09. The van der Waals surface area contributed by atoms with Gasteiger partial charge < -0.3 is 9.47 Å². The molecule has 1 amide bonds. The zero-order valence-electron chi connectivity index (χ0n) is 17.5. The van der Waals surface area contributed by atoms with Gasteiger partial charge in [0, 0.05) is 21.3 Å². The first-order valence-corrected chi connectivity index (χ1v) is 10.9. The molecule has 1 atom stereocenters. The first-order valence-electron chi connectivity index (χ1n) is 10.1. The van der Waals surface area contributed by atoms with Crippen LogP contribution >= 0.6 is 15.9 Å². The molecule has 3 aromatic carbocycles. The van der Waals surface area contributed by atoms with Crippen molar-refractivity contribution in [3.63, 3.8) is 0 Å². The predicted molar refractivity (Wildman–Crippen MR) is 126 cm³/mol. The van der Waals surface area contributed by atoms with E-state index in [1.54, 1.807) is 14.2 Å². The van der Waals surface area contributed by atoms with Gasteiger partial charge in [-0.2, -0.15) is 5.10 Å². The first kappa shape index (κ1) is 20.3. The second-order valence-corrected chi connectivity index (χ2v) is 8.33. The number of aromatic nitrogens is 2. The second-order valence-electron chi connectivity index (χ2n) is 7.42. The van der Waals surface area contributed by atoms with Crippen molar-refractivity contribution < 1.29 is 14.3 Å². The Hall–Kier alpha value is -3.58. The van der Waals surface area contributed by atoms with Gasteiger partial charge in [-0.3, -0.25) is 14.8 Å². The molecular formula is C25H20BrN3O3. The number of H-pyrrole nitrogens is 1. The molecule has 32 heavy (non-hydrogen) atoms. The van der Waals surface area contributed by atoms with Gasteiger partial charge in [-0.25, -0.2) is 0 Å². The van der Waals surface area contributed by atoms with Crippen LogP contribution in [-0.2, 0) is 0 Å². The Morgan fingerprint density at radius 1 is 0.875 bits per heavy atom. The van der Waals surface area contributed by atoms with Gasteiger partial charge in [0.15, 0.2) is 0 Å². The summed E-state index contributed by atoms with van der Waals surface area (Å²) in [7, 11) is 3.27. The van der Waals surface area contributed by atoms with E-state index in [0.29, 0.717) is 5.69 Å². The molecule has 0 saturated carbocycles. The molecule has 0 aliphatic carbocycles. The van der Waals surface area contributed by atoms with Crippen molar-refractivity contribution >= 4 is 27.5 Å². The maximum absolute atomic E-state index is 13.5. The van der Waals surface area contributed by atoms with Crippen molar-refractivity contribution in [2.45, 2.75) is 6.04 Å². The normalized spacial score (nSPS) is 15.0. The van der Waals surface area contributed by atoms with Crippen LogP contribution in [0.1, 0.15) is 27.7 Å². The quantitative estimate of drug-likeness (QED) is 0.395. The van der Waals surface area contributed by atoms with Crippen molar-refractivity contribution in [2.24, 2.45) is 0 Å². The Bertz CT molecular complexity index is 1270. The summed E-state index contributed by atoms with van der Waals surface area (Å²) in [5, 5.41) is 7.51. The molecule has 1 aliphatic rings. The van der Waals surface area contributed by atoms with Crippen LogP contribution in [0.15, 0.2) is 77.3 Å². The summed E-state index contributed by atoms with van der Waals surface area (Å²) in [6, 6.07) is 22.9. The lowest BCUT2D eigenvalue weighted by molar-refractivity contribution is 0.0989. The van der Waals surface area contributed by atoms with Gasteiger partial charge in [-0.15, -0.1) is 0 Å². The number of rotatable bonds is 5. The van der Waals surface area contributed by atoms with Crippen molar-refractivity contribution in [2.75, 3.05) is 19.1 Å². The third-order valence-electron chi connectivity index (χ3n) is 5.67. The summed E-state index contributed by atoms with van der Waals surface area (Å²) in [6.07, 6.45) is 0. The van der Waals surface area contributed by atoms with Crippen molar-refractivity contribution in [1.29, 1.82) is 0 Å². The van der Waals surface area contributed by atoms with Crippen LogP contribution in [0.5, 0.6) is 11.5 Å². The molecule has 0 bridgehead atoms. The van der Waals surface area contributed by atoms with Gasteiger partial charge >= 0.3 is 0 Å². The lowest BCUT2D eigenvalue weighted by Crippen LogP contribution is -2.29. The topological polar surface area (TPSA) is 67.5 Å². The number of anilines is 1. The summed E-state index contributed by atoms with van der Waals surface area (Å²) in [4.78, 5) is 15.3. The maximum Gasteiger partial charge on any atom is 0.277 e. The molecule has 0 fully saturated rings. The molecule has 5 rings (SSSR count). The summed E-state index contributed by atoms with van der Waals surface area (Å²) in [5.74, 6) is 1.41. The molecule has 1 aromatic heterocycles. The van der Waals surface area contributed by atoms with Crippen molar-refractivity contribution in [3.8, 4) is 22.8 Å². The van der Waals surface area contributed by atoms with Gasteiger partial charge in [0.05, 0.1) is 26.0 Å². The lowest BCUT2D eigenvalue weighted by atomic mass is 9.95. The number of hydrogen-bond donors (Lipinski definition) is 1. The number of halogens is 1. The fraction of sp³-hybridized carbons (Fsp3) is 0.120. The molecule has 1 aliphatic heterocycles. The van der Waals surface area contributed by atoms with E-state index in [9.17, 15) is 4.79 Å². The van der Waals surface area contributed by atoms with Crippen molar-refractivity contribution in [3.05, 3.63) is 94.1 Å². The molecule has 4 aromatic rings. The molecule has 1 unspecified atom stereocenters. The number of nitrogens with one attached hydrogen (secondary N) is 1. The fourth-order valence-corrected chi connectivity index (χ4v) is 4.35. The number of methoxy groups -OCH3 is 2. The van der Waals surface area contributed by atoms with Crippen LogP contribution in [0.2, 0.25) is 0 Å². The molecule has 0 saturated heterocycles. The monoisotopic (exact) mass is 489 g/mol. The maximum atomic E-state index is 13.5. The van der Waals surface area contributed by atoms with Crippen LogP contribution in [0.25, 0.3) is 11.3 Å². The van der Waals surface area contributed by atoms with E-state index in [2.05, 4.69) is 26.1 Å². The van der Waals surface area contributed by atoms with Crippen LogP contribution in [0.4, 0.5) is 5.69 Å². The Morgan fingerprint density at radius 3 is 2.06 bits per heavy atom. The van der Waals surface area contributed by atoms with E-state index >= 15 is 0 Å². The van der Waals surface area contributed by atoms with E-state index in [0.717, 1.165) is 44.0 Å². The minimum Gasteiger partial charge on any atom is -0.497 e. The third-order valence-corrected chi connectivity index (χ3v) is 6.20. The van der Waals surface area contributed by atoms with Crippen LogP contribution in [-0.4, -0.2) is 30.3 Å².